The first-order valence-corrected chi connectivity index (χ1v) is 6.37. The topological polar surface area (TPSA) is 94.9 Å². The molecular weight excluding hydrogens is 288 g/mol. The first kappa shape index (κ1) is 13.7. The monoisotopic (exact) mass is 298 g/mol. The van der Waals surface area contributed by atoms with Crippen LogP contribution in [0.15, 0.2) is 51.5 Å². The van der Waals surface area contributed by atoms with E-state index in [0.29, 0.717) is 5.56 Å². The van der Waals surface area contributed by atoms with Gasteiger partial charge in [0.2, 0.25) is 5.90 Å². The molecular formula is C15H10N2O5. The van der Waals surface area contributed by atoms with E-state index >= 15 is 0 Å². The number of ether oxygens (including phenoxy) is 1. The molecule has 0 fully saturated rings. The zero-order chi connectivity index (χ0) is 15.7. The van der Waals surface area contributed by atoms with E-state index in [1.165, 1.54) is 18.2 Å². The molecule has 0 amide bonds. The molecule has 0 saturated carbocycles. The molecule has 7 heteroatoms. The quantitative estimate of drug-likeness (QED) is 0.376. The molecule has 1 aromatic heterocycles. The summed E-state index contributed by atoms with van der Waals surface area (Å²) in [5.41, 5.74) is 1.72. The normalized spacial score (nSPS) is 15.8. The van der Waals surface area contributed by atoms with Gasteiger partial charge in [-0.05, 0) is 25.1 Å². The summed E-state index contributed by atoms with van der Waals surface area (Å²) < 4.78 is 10.1. The molecule has 1 aromatic carbocycles. The van der Waals surface area contributed by atoms with Crippen LogP contribution in [0.4, 0.5) is 5.88 Å². The molecule has 0 unspecified atom stereocenters. The molecule has 110 valence electrons. The van der Waals surface area contributed by atoms with Crippen molar-refractivity contribution < 1.29 is 18.9 Å². The molecule has 2 heterocycles. The van der Waals surface area contributed by atoms with E-state index in [1.807, 2.05) is 25.1 Å². The summed E-state index contributed by atoms with van der Waals surface area (Å²) in [7, 11) is 0. The second kappa shape index (κ2) is 5.28. The van der Waals surface area contributed by atoms with E-state index in [9.17, 15) is 14.9 Å². The summed E-state index contributed by atoms with van der Waals surface area (Å²) in [6.07, 6.45) is 1.30. The Morgan fingerprint density at radius 1 is 1.27 bits per heavy atom. The molecule has 0 radical (unpaired) electrons. The highest BCUT2D eigenvalue weighted by Gasteiger charge is 2.25. The van der Waals surface area contributed by atoms with Gasteiger partial charge in [0, 0.05) is 11.6 Å². The van der Waals surface area contributed by atoms with Gasteiger partial charge in [0.05, 0.1) is 6.07 Å². The van der Waals surface area contributed by atoms with Crippen LogP contribution in [-0.4, -0.2) is 16.8 Å². The van der Waals surface area contributed by atoms with Crippen LogP contribution >= 0.6 is 0 Å². The fraction of sp³-hybridized carbons (Fsp3) is 0.0667. The average Bonchev–Trinajstić information content (AvgIpc) is 3.07. The number of benzene rings is 1. The standard InChI is InChI=1S/C15H10N2O5/c1-9-3-2-4-10(7-9)14-16-12(15(18)22-14)8-11-5-6-13(21-11)17(19)20/h2-8H,1H3. The number of furan rings is 1. The lowest BCUT2D eigenvalue weighted by Crippen LogP contribution is -2.05. The van der Waals surface area contributed by atoms with Crippen LogP contribution in [0.1, 0.15) is 16.9 Å². The van der Waals surface area contributed by atoms with E-state index in [1.54, 1.807) is 6.07 Å². The van der Waals surface area contributed by atoms with Crippen molar-refractivity contribution in [2.45, 2.75) is 6.92 Å². The number of hydrogen-bond acceptors (Lipinski definition) is 6. The minimum Gasteiger partial charge on any atom is -0.402 e. The number of aryl methyl sites for hydroxylation is 1. The lowest BCUT2D eigenvalue weighted by atomic mass is 10.1. The minimum absolute atomic E-state index is 0.0285. The summed E-state index contributed by atoms with van der Waals surface area (Å²) >= 11 is 0. The smallest absolute Gasteiger partial charge is 0.402 e. The van der Waals surface area contributed by atoms with Crippen molar-refractivity contribution in [3.05, 3.63) is 69.1 Å². The Morgan fingerprint density at radius 2 is 2.09 bits per heavy atom. The SMILES string of the molecule is Cc1cccc(C2=NC(=Cc3ccc([N+](=O)[O-])o3)C(=O)O2)c1. The van der Waals surface area contributed by atoms with Gasteiger partial charge in [0.15, 0.2) is 5.70 Å². The van der Waals surface area contributed by atoms with Crippen molar-refractivity contribution in [1.29, 1.82) is 0 Å². The Kier molecular flexibility index (Phi) is 3.30. The Morgan fingerprint density at radius 3 is 2.77 bits per heavy atom. The molecule has 0 saturated heterocycles. The van der Waals surface area contributed by atoms with Crippen molar-refractivity contribution in [3.63, 3.8) is 0 Å². The van der Waals surface area contributed by atoms with Gasteiger partial charge >= 0.3 is 11.9 Å². The van der Waals surface area contributed by atoms with E-state index < -0.39 is 16.8 Å². The molecule has 7 nitrogen and oxygen atoms in total. The van der Waals surface area contributed by atoms with Gasteiger partial charge in [-0.2, -0.15) is 0 Å². The van der Waals surface area contributed by atoms with Crippen LogP contribution in [-0.2, 0) is 9.53 Å². The number of esters is 1. The highest BCUT2D eigenvalue weighted by atomic mass is 16.6. The minimum atomic E-state index is -0.656. The van der Waals surface area contributed by atoms with E-state index in [2.05, 4.69) is 4.99 Å². The maximum atomic E-state index is 11.8. The predicted octanol–water partition coefficient (Wildman–Crippen LogP) is 2.84. The van der Waals surface area contributed by atoms with Gasteiger partial charge in [0.25, 0.3) is 0 Å². The third-order valence-corrected chi connectivity index (χ3v) is 2.96. The van der Waals surface area contributed by atoms with Crippen molar-refractivity contribution >= 4 is 23.8 Å². The fourth-order valence-electron chi connectivity index (χ4n) is 1.96. The van der Waals surface area contributed by atoms with E-state index in [0.717, 1.165) is 5.56 Å². The largest absolute Gasteiger partial charge is 0.433 e. The highest BCUT2D eigenvalue weighted by molar-refractivity contribution is 6.12. The number of nitro groups is 1. The lowest BCUT2D eigenvalue weighted by molar-refractivity contribution is -0.402. The zero-order valence-corrected chi connectivity index (χ0v) is 11.5. The zero-order valence-electron chi connectivity index (χ0n) is 11.5. The number of carbonyl (C=O) groups excluding carboxylic acids is 1. The predicted molar refractivity (Wildman–Crippen MR) is 77.1 cm³/mol. The molecule has 0 spiro atoms. The first-order valence-electron chi connectivity index (χ1n) is 6.37. The van der Waals surface area contributed by atoms with Crippen LogP contribution in [0.5, 0.6) is 0 Å². The molecule has 0 bridgehead atoms. The summed E-state index contributed by atoms with van der Waals surface area (Å²) in [5, 5.41) is 10.6. The summed E-state index contributed by atoms with van der Waals surface area (Å²) in [5.74, 6) is -0.675. The number of rotatable bonds is 3. The number of carbonyl (C=O) groups is 1. The maximum Gasteiger partial charge on any atom is 0.433 e. The molecule has 3 rings (SSSR count). The van der Waals surface area contributed by atoms with Crippen molar-refractivity contribution in [1.82, 2.24) is 0 Å². The Labute approximate surface area is 124 Å². The molecule has 1 aliphatic rings. The van der Waals surface area contributed by atoms with Crippen LogP contribution in [0.3, 0.4) is 0 Å². The van der Waals surface area contributed by atoms with Crippen LogP contribution in [0.2, 0.25) is 0 Å². The lowest BCUT2D eigenvalue weighted by Gasteiger charge is -1.99. The third kappa shape index (κ3) is 2.64. The van der Waals surface area contributed by atoms with Crippen molar-refractivity contribution in [2.24, 2.45) is 4.99 Å². The van der Waals surface area contributed by atoms with Gasteiger partial charge < -0.3 is 9.15 Å². The molecule has 0 N–H and O–H groups in total. The number of hydrogen-bond donors (Lipinski definition) is 0. The molecule has 0 aliphatic carbocycles. The Balaban J connectivity index is 1.92. The van der Waals surface area contributed by atoms with Crippen molar-refractivity contribution in [3.8, 4) is 0 Å². The van der Waals surface area contributed by atoms with Crippen LogP contribution < -0.4 is 0 Å². The van der Waals surface area contributed by atoms with Gasteiger partial charge in [-0.15, -0.1) is 0 Å². The van der Waals surface area contributed by atoms with Gasteiger partial charge in [-0.1, -0.05) is 17.7 Å². The number of nitrogens with zero attached hydrogens (tertiary/aromatic N) is 2. The van der Waals surface area contributed by atoms with Gasteiger partial charge in [-0.3, -0.25) is 10.1 Å². The van der Waals surface area contributed by atoms with E-state index in [-0.39, 0.29) is 17.4 Å². The van der Waals surface area contributed by atoms with Crippen LogP contribution in [0.25, 0.3) is 6.08 Å². The summed E-state index contributed by atoms with van der Waals surface area (Å²) in [6.45, 7) is 1.92. The fourth-order valence-corrected chi connectivity index (χ4v) is 1.96. The molecule has 0 atom stereocenters. The van der Waals surface area contributed by atoms with E-state index in [4.69, 9.17) is 9.15 Å². The summed E-state index contributed by atoms with van der Waals surface area (Å²) in [4.78, 5) is 25.8. The average molecular weight is 298 g/mol. The molecule has 1 aliphatic heterocycles. The first-order chi connectivity index (χ1) is 10.5. The second-order valence-corrected chi connectivity index (χ2v) is 4.64. The number of cyclic esters (lactones) is 1. The second-order valence-electron chi connectivity index (χ2n) is 4.64. The molecule has 2 aromatic rings. The van der Waals surface area contributed by atoms with Crippen molar-refractivity contribution in [2.75, 3.05) is 0 Å². The number of aliphatic imine (C=N–C) groups is 1. The van der Waals surface area contributed by atoms with Gasteiger partial charge in [0.1, 0.15) is 10.7 Å². The maximum absolute atomic E-state index is 11.8. The van der Waals surface area contributed by atoms with Gasteiger partial charge in [-0.25, -0.2) is 9.79 Å². The Hall–Kier alpha value is -3.22. The van der Waals surface area contributed by atoms with Crippen LogP contribution in [0, 0.1) is 17.0 Å². The third-order valence-electron chi connectivity index (χ3n) is 2.96. The summed E-state index contributed by atoms with van der Waals surface area (Å²) in [6, 6.07) is 9.96. The highest BCUT2D eigenvalue weighted by Crippen LogP contribution is 2.22. The Bertz CT molecular complexity index is 832. The molecule has 22 heavy (non-hydrogen) atoms.